The number of hydrogen-bond acceptors (Lipinski definition) is 4. The van der Waals surface area contributed by atoms with Crippen LogP contribution in [0, 0.1) is 11.3 Å². The second-order valence-corrected chi connectivity index (χ2v) is 4.84. The van der Waals surface area contributed by atoms with Crippen LogP contribution >= 0.6 is 0 Å². The van der Waals surface area contributed by atoms with Crippen molar-refractivity contribution in [3.05, 3.63) is 24.2 Å². The number of alkyl halides is 3. The number of halogens is 3. The topological polar surface area (TPSA) is 83.3 Å². The van der Waals surface area contributed by atoms with Crippen LogP contribution in [0.2, 0.25) is 0 Å². The third-order valence-corrected chi connectivity index (χ3v) is 3.10. The van der Waals surface area contributed by atoms with Crippen LogP contribution in [-0.2, 0) is 6.18 Å². The molecule has 0 aliphatic rings. The zero-order chi connectivity index (χ0) is 15.8. The van der Waals surface area contributed by atoms with Gasteiger partial charge in [0.15, 0.2) is 11.5 Å². The molecule has 0 saturated heterocycles. The Kier molecular flexibility index (Phi) is 3.75. The van der Waals surface area contributed by atoms with Crippen molar-refractivity contribution in [1.29, 1.82) is 5.41 Å². The Labute approximate surface area is 118 Å². The molecule has 2 aromatic heterocycles. The molecule has 0 radical (unpaired) electrons. The van der Waals surface area contributed by atoms with Crippen LogP contribution in [0.4, 0.5) is 19.0 Å². The Morgan fingerprint density at radius 2 is 2.19 bits per heavy atom. The Hall–Kier alpha value is -2.32. The first kappa shape index (κ1) is 15.1. The number of nitrogens with one attached hydrogen (secondary N) is 1. The average molecular weight is 300 g/mol. The van der Waals surface area contributed by atoms with Crippen LogP contribution in [0.3, 0.4) is 0 Å². The van der Waals surface area contributed by atoms with Gasteiger partial charge in [0.25, 0.3) is 0 Å². The van der Waals surface area contributed by atoms with Gasteiger partial charge in [-0.2, -0.15) is 18.3 Å². The van der Waals surface area contributed by atoms with Crippen molar-refractivity contribution in [3.8, 4) is 0 Å². The summed E-state index contributed by atoms with van der Waals surface area (Å²) in [6, 6.07) is 0.956. The summed E-state index contributed by atoms with van der Waals surface area (Å²) in [6.07, 6.45) is -1.77. The van der Waals surface area contributed by atoms with Gasteiger partial charge in [0.2, 0.25) is 0 Å². The molecule has 1 atom stereocenters. The molecule has 2 aromatic rings. The minimum atomic E-state index is -4.51. The van der Waals surface area contributed by atoms with E-state index in [0.717, 1.165) is 10.6 Å². The molecule has 2 rings (SSSR count). The van der Waals surface area contributed by atoms with Crippen LogP contribution in [0.5, 0.6) is 0 Å². The minimum Gasteiger partial charge on any atom is -0.387 e. The lowest BCUT2D eigenvalue weighted by molar-refractivity contribution is -0.141. The maximum absolute atomic E-state index is 12.7. The second-order valence-electron chi connectivity index (χ2n) is 4.84. The maximum atomic E-state index is 12.7. The fourth-order valence-electron chi connectivity index (χ4n) is 1.94. The summed E-state index contributed by atoms with van der Waals surface area (Å²) in [4.78, 5) is 5.76. The Bertz CT molecular complexity index is 663. The normalized spacial score (nSPS) is 13.4. The SMILES string of the molecule is CC(CN(C)c1nccn2nc(C(F)(F)F)cc12)C(=N)N. The summed E-state index contributed by atoms with van der Waals surface area (Å²) in [5.41, 5.74) is 4.69. The van der Waals surface area contributed by atoms with Gasteiger partial charge in [-0.3, -0.25) is 5.41 Å². The van der Waals surface area contributed by atoms with E-state index in [-0.39, 0.29) is 17.3 Å². The first-order chi connectivity index (χ1) is 9.70. The summed E-state index contributed by atoms with van der Waals surface area (Å²) in [6.45, 7) is 2.13. The number of nitrogens with two attached hydrogens (primary N) is 1. The fourth-order valence-corrected chi connectivity index (χ4v) is 1.94. The van der Waals surface area contributed by atoms with Crippen molar-refractivity contribution in [3.63, 3.8) is 0 Å². The Morgan fingerprint density at radius 1 is 1.52 bits per heavy atom. The molecule has 9 heteroatoms. The van der Waals surface area contributed by atoms with Crippen LogP contribution in [0.1, 0.15) is 12.6 Å². The highest BCUT2D eigenvalue weighted by atomic mass is 19.4. The molecule has 0 amide bonds. The van der Waals surface area contributed by atoms with E-state index < -0.39 is 11.9 Å². The molecule has 2 heterocycles. The number of aromatic nitrogens is 3. The van der Waals surface area contributed by atoms with Crippen molar-refractivity contribution in [2.75, 3.05) is 18.5 Å². The lowest BCUT2D eigenvalue weighted by Crippen LogP contribution is -2.32. The largest absolute Gasteiger partial charge is 0.435 e. The number of rotatable bonds is 4. The van der Waals surface area contributed by atoms with Gasteiger partial charge in [-0.25, -0.2) is 9.50 Å². The molecule has 21 heavy (non-hydrogen) atoms. The molecule has 0 aliphatic heterocycles. The van der Waals surface area contributed by atoms with Crippen molar-refractivity contribution in [2.24, 2.45) is 11.7 Å². The quantitative estimate of drug-likeness (QED) is 0.665. The van der Waals surface area contributed by atoms with Crippen molar-refractivity contribution < 1.29 is 13.2 Å². The summed E-state index contributed by atoms with van der Waals surface area (Å²) in [5.74, 6) is 0.133. The van der Waals surface area contributed by atoms with Gasteiger partial charge in [0.05, 0.1) is 5.84 Å². The van der Waals surface area contributed by atoms with Gasteiger partial charge in [-0.05, 0) is 0 Å². The fraction of sp³-hybridized carbons (Fsp3) is 0.417. The van der Waals surface area contributed by atoms with Crippen LogP contribution in [-0.4, -0.2) is 34.0 Å². The van der Waals surface area contributed by atoms with E-state index in [1.165, 1.54) is 12.4 Å². The zero-order valence-corrected chi connectivity index (χ0v) is 11.5. The number of nitrogens with zero attached hydrogens (tertiary/aromatic N) is 4. The van der Waals surface area contributed by atoms with Crippen molar-refractivity contribution in [2.45, 2.75) is 13.1 Å². The first-order valence-corrected chi connectivity index (χ1v) is 6.16. The van der Waals surface area contributed by atoms with Gasteiger partial charge < -0.3 is 10.6 Å². The summed E-state index contributed by atoms with van der Waals surface area (Å²) in [7, 11) is 1.68. The minimum absolute atomic E-state index is 0.0123. The molecular weight excluding hydrogens is 285 g/mol. The second kappa shape index (κ2) is 5.23. The zero-order valence-electron chi connectivity index (χ0n) is 11.5. The molecule has 0 saturated carbocycles. The van der Waals surface area contributed by atoms with E-state index in [0.29, 0.717) is 12.4 Å². The standard InChI is InChI=1S/C12H15F3N6/c1-7(10(16)17)6-20(2)11-8-5-9(12(13,14)15)19-21(8)4-3-18-11/h3-5,7H,6H2,1-2H3,(H3,16,17). The number of anilines is 1. The highest BCUT2D eigenvalue weighted by Crippen LogP contribution is 2.30. The van der Waals surface area contributed by atoms with E-state index >= 15 is 0 Å². The van der Waals surface area contributed by atoms with Crippen molar-refractivity contribution >= 4 is 17.2 Å². The molecule has 114 valence electrons. The maximum Gasteiger partial charge on any atom is 0.435 e. The monoisotopic (exact) mass is 300 g/mol. The molecule has 3 N–H and O–H groups in total. The first-order valence-electron chi connectivity index (χ1n) is 6.16. The predicted octanol–water partition coefficient (Wildman–Crippen LogP) is 1.76. The van der Waals surface area contributed by atoms with Gasteiger partial charge in [-0.15, -0.1) is 0 Å². The highest BCUT2D eigenvalue weighted by molar-refractivity contribution is 5.80. The van der Waals surface area contributed by atoms with Crippen LogP contribution < -0.4 is 10.6 Å². The third-order valence-electron chi connectivity index (χ3n) is 3.10. The lowest BCUT2D eigenvalue weighted by atomic mass is 10.1. The van der Waals surface area contributed by atoms with Crippen LogP contribution in [0.25, 0.3) is 5.52 Å². The van der Waals surface area contributed by atoms with E-state index in [1.807, 2.05) is 0 Å². The van der Waals surface area contributed by atoms with Crippen molar-refractivity contribution in [1.82, 2.24) is 14.6 Å². The van der Waals surface area contributed by atoms with E-state index in [4.69, 9.17) is 11.1 Å². The van der Waals surface area contributed by atoms with E-state index in [9.17, 15) is 13.2 Å². The van der Waals surface area contributed by atoms with E-state index in [1.54, 1.807) is 18.9 Å². The van der Waals surface area contributed by atoms with Gasteiger partial charge in [0, 0.05) is 38.0 Å². The molecule has 0 aliphatic carbocycles. The summed E-state index contributed by atoms with van der Waals surface area (Å²) >= 11 is 0. The lowest BCUT2D eigenvalue weighted by Gasteiger charge is -2.22. The van der Waals surface area contributed by atoms with Gasteiger partial charge >= 0.3 is 6.18 Å². The number of amidine groups is 1. The smallest absolute Gasteiger partial charge is 0.387 e. The third kappa shape index (κ3) is 3.06. The van der Waals surface area contributed by atoms with Gasteiger partial charge in [-0.1, -0.05) is 6.92 Å². The van der Waals surface area contributed by atoms with Crippen LogP contribution in [0.15, 0.2) is 18.5 Å². The van der Waals surface area contributed by atoms with E-state index in [2.05, 4.69) is 10.1 Å². The Morgan fingerprint density at radius 3 is 2.76 bits per heavy atom. The molecular formula is C12H15F3N6. The highest BCUT2D eigenvalue weighted by Gasteiger charge is 2.34. The molecule has 0 fully saturated rings. The van der Waals surface area contributed by atoms with Gasteiger partial charge in [0.1, 0.15) is 5.52 Å². The Balaban J connectivity index is 2.40. The molecule has 0 bridgehead atoms. The predicted molar refractivity (Wildman–Crippen MR) is 72.3 cm³/mol. The number of fused-ring (bicyclic) bond motifs is 1. The average Bonchev–Trinajstić information content (AvgIpc) is 2.81. The number of hydrogen-bond donors (Lipinski definition) is 2. The molecule has 0 aromatic carbocycles. The summed E-state index contributed by atoms with van der Waals surface area (Å²) < 4.78 is 39.3. The molecule has 6 nitrogen and oxygen atoms in total. The summed E-state index contributed by atoms with van der Waals surface area (Å²) in [5, 5.41) is 10.9. The molecule has 1 unspecified atom stereocenters. The molecule has 0 spiro atoms.